The number of amides is 1. The summed E-state index contributed by atoms with van der Waals surface area (Å²) < 4.78 is 51.4. The Balaban J connectivity index is 1.83. The Bertz CT molecular complexity index is 1080. The third-order valence-corrected chi connectivity index (χ3v) is 7.47. The molecule has 1 aromatic carbocycles. The molecule has 2 aliphatic heterocycles. The fourth-order valence-electron chi connectivity index (χ4n) is 3.46. The van der Waals surface area contributed by atoms with E-state index < -0.39 is 43.3 Å². The predicted octanol–water partition coefficient (Wildman–Crippen LogP) is -1.13. The maximum absolute atomic E-state index is 12.8. The first kappa shape index (κ1) is 21.2. The van der Waals surface area contributed by atoms with Crippen LogP contribution in [0, 0.1) is 17.0 Å². The number of fused-ring (bicyclic) bond motifs is 1. The van der Waals surface area contributed by atoms with Crippen molar-refractivity contribution in [3.63, 3.8) is 0 Å². The molecule has 1 amide bonds. The van der Waals surface area contributed by atoms with Gasteiger partial charge in [0.25, 0.3) is 5.09 Å². The summed E-state index contributed by atoms with van der Waals surface area (Å²) in [5.41, 5.74) is -0.567. The number of hydrogen-bond acceptors (Lipinski definition) is 9. The number of nitrogens with zero attached hydrogens (tertiary/aromatic N) is 2. The van der Waals surface area contributed by atoms with E-state index in [-0.39, 0.29) is 47.0 Å². The molecule has 2 heterocycles. The second kappa shape index (κ2) is 7.08. The minimum absolute atomic E-state index is 0.138. The van der Waals surface area contributed by atoms with Gasteiger partial charge >= 0.3 is 0 Å². The van der Waals surface area contributed by atoms with Crippen molar-refractivity contribution in [2.75, 3.05) is 25.0 Å². The zero-order valence-corrected chi connectivity index (χ0v) is 16.9. The number of aryl methyl sites for hydroxylation is 1. The van der Waals surface area contributed by atoms with Gasteiger partial charge in [-0.3, -0.25) is 4.79 Å². The lowest BCUT2D eigenvalue weighted by Gasteiger charge is -2.45. The van der Waals surface area contributed by atoms with Gasteiger partial charge in [0.05, 0.1) is 10.6 Å². The first-order valence-corrected chi connectivity index (χ1v) is 11.4. The number of hydrogen-bond donors (Lipinski definition) is 3. The Morgan fingerprint density at radius 3 is 2.55 bits per heavy atom. The number of sulfonamides is 2. The van der Waals surface area contributed by atoms with Gasteiger partial charge in [-0.1, -0.05) is 0 Å². The van der Waals surface area contributed by atoms with Crippen molar-refractivity contribution in [3.05, 3.63) is 27.8 Å². The molecule has 2 aliphatic rings. The summed E-state index contributed by atoms with van der Waals surface area (Å²) in [5.74, 6) is -0.579. The number of benzene rings is 1. The van der Waals surface area contributed by atoms with Crippen LogP contribution in [-0.2, 0) is 29.7 Å². The van der Waals surface area contributed by atoms with Crippen LogP contribution in [0.15, 0.2) is 21.9 Å². The van der Waals surface area contributed by atoms with Crippen LogP contribution in [0.5, 0.6) is 0 Å². The van der Waals surface area contributed by atoms with Gasteiger partial charge in [0.15, 0.2) is 6.61 Å². The van der Waals surface area contributed by atoms with E-state index in [9.17, 15) is 31.7 Å². The highest BCUT2D eigenvalue weighted by atomic mass is 32.2. The van der Waals surface area contributed by atoms with Crippen molar-refractivity contribution in [2.45, 2.75) is 35.2 Å². The van der Waals surface area contributed by atoms with Crippen LogP contribution in [0.2, 0.25) is 0 Å². The summed E-state index contributed by atoms with van der Waals surface area (Å²) in [5, 5.41) is 17.4. The molecule has 0 bridgehead atoms. The highest BCUT2D eigenvalue weighted by molar-refractivity contribution is 7.90. The molecule has 3 rings (SSSR count). The van der Waals surface area contributed by atoms with Gasteiger partial charge in [-0.05, 0) is 24.6 Å². The third-order valence-electron chi connectivity index (χ3n) is 4.84. The second-order valence-electron chi connectivity index (χ2n) is 6.85. The Morgan fingerprint density at radius 2 is 2.00 bits per heavy atom. The van der Waals surface area contributed by atoms with Gasteiger partial charge in [0, 0.05) is 25.9 Å². The number of nitrogens with two attached hydrogens (primary N) is 1. The molecule has 1 fully saturated rings. The van der Waals surface area contributed by atoms with Crippen LogP contribution in [-0.4, -0.2) is 58.1 Å². The fraction of sp³-hybridized carbons (Fsp3) is 0.500. The molecule has 0 unspecified atom stereocenters. The number of nitrogens with one attached hydrogen (secondary N) is 2. The number of piperidine rings is 1. The number of carbonyl (C=O) groups excluding carboxylic acids is 1. The summed E-state index contributed by atoms with van der Waals surface area (Å²) in [7, 11) is -8.16. The number of rotatable bonds is 4. The molecule has 13 nitrogen and oxygen atoms in total. The Hall–Kier alpha value is -2.49. The average molecular weight is 449 g/mol. The Labute approximate surface area is 166 Å². The monoisotopic (exact) mass is 449 g/mol. The van der Waals surface area contributed by atoms with Crippen molar-refractivity contribution < 1.29 is 31.6 Å². The number of primary sulfonamides is 1. The van der Waals surface area contributed by atoms with E-state index >= 15 is 0 Å². The zero-order chi connectivity index (χ0) is 21.6. The quantitative estimate of drug-likeness (QED) is 0.377. The highest BCUT2D eigenvalue weighted by Crippen LogP contribution is 2.37. The molecule has 4 N–H and O–H groups in total. The second-order valence-corrected chi connectivity index (χ2v) is 10.0. The summed E-state index contributed by atoms with van der Waals surface area (Å²) >= 11 is 0. The molecule has 0 aromatic heterocycles. The molecule has 0 aliphatic carbocycles. The van der Waals surface area contributed by atoms with E-state index in [1.165, 1.54) is 17.9 Å². The van der Waals surface area contributed by atoms with Crippen LogP contribution in [0.25, 0.3) is 0 Å². The van der Waals surface area contributed by atoms with Crippen LogP contribution in [0.4, 0.5) is 5.69 Å². The van der Waals surface area contributed by atoms with E-state index in [0.29, 0.717) is 0 Å². The molecule has 29 heavy (non-hydrogen) atoms. The largest absolute Gasteiger partial charge is 0.365 e. The molecule has 0 saturated carbocycles. The molecule has 160 valence electrons. The lowest BCUT2D eigenvalue weighted by molar-refractivity contribution is -0.754. The zero-order valence-electron chi connectivity index (χ0n) is 15.2. The van der Waals surface area contributed by atoms with Crippen LogP contribution >= 0.6 is 0 Å². The van der Waals surface area contributed by atoms with Gasteiger partial charge in [-0.2, -0.15) is 4.72 Å². The fourth-order valence-corrected chi connectivity index (χ4v) is 5.87. The van der Waals surface area contributed by atoms with Gasteiger partial charge in [0.2, 0.25) is 26.0 Å². The number of likely N-dealkylation sites (tertiary alicyclic amines) is 1. The maximum atomic E-state index is 12.8. The lowest BCUT2D eigenvalue weighted by Crippen LogP contribution is -2.62. The van der Waals surface area contributed by atoms with Crippen molar-refractivity contribution in [2.24, 2.45) is 5.14 Å². The van der Waals surface area contributed by atoms with Gasteiger partial charge < -0.3 is 15.1 Å². The Morgan fingerprint density at radius 1 is 1.38 bits per heavy atom. The van der Waals surface area contributed by atoms with Gasteiger partial charge in [-0.25, -0.2) is 22.0 Å². The number of carbonyl (C=O) groups is 1. The third kappa shape index (κ3) is 4.26. The van der Waals surface area contributed by atoms with Crippen LogP contribution in [0.3, 0.4) is 0 Å². The van der Waals surface area contributed by atoms with Crippen molar-refractivity contribution in [3.8, 4) is 0 Å². The lowest BCUT2D eigenvalue weighted by atomic mass is 9.97. The first-order chi connectivity index (χ1) is 13.3. The molecule has 1 aromatic rings. The smallest absolute Gasteiger partial charge is 0.295 e. The van der Waals surface area contributed by atoms with E-state index in [4.69, 9.17) is 5.14 Å². The minimum atomic E-state index is -4.10. The first-order valence-electron chi connectivity index (χ1n) is 8.38. The molecular weight excluding hydrogens is 430 g/mol. The predicted molar refractivity (Wildman–Crippen MR) is 98.0 cm³/mol. The topological polar surface area (TPSA) is 191 Å². The SMILES string of the molecule is Cc1cc2c(cc1S(N)(=O)=O)S(=O)(=O)NC1(CCN(C(=O)CO[N+](=O)[O-])CC1)N2. The molecule has 1 saturated heterocycles. The molecule has 1 spiro atoms. The molecular formula is C14H19N5O8S2. The highest BCUT2D eigenvalue weighted by Gasteiger charge is 2.44. The van der Waals surface area contributed by atoms with Crippen molar-refractivity contribution in [1.29, 1.82) is 0 Å². The van der Waals surface area contributed by atoms with Gasteiger partial charge in [0.1, 0.15) is 10.6 Å². The summed E-state index contributed by atoms with van der Waals surface area (Å²) in [6, 6.07) is 2.41. The van der Waals surface area contributed by atoms with Crippen LogP contribution in [0.1, 0.15) is 18.4 Å². The summed E-state index contributed by atoms with van der Waals surface area (Å²) in [6.45, 7) is 1.06. The minimum Gasteiger partial charge on any atom is -0.365 e. The summed E-state index contributed by atoms with van der Waals surface area (Å²) in [6.07, 6.45) is 0.373. The van der Waals surface area contributed by atoms with E-state index in [2.05, 4.69) is 14.9 Å². The summed E-state index contributed by atoms with van der Waals surface area (Å²) in [4.78, 5) is 27.0. The molecule has 15 heteroatoms. The normalized spacial score (nSPS) is 19.9. The Kier molecular flexibility index (Phi) is 5.18. The van der Waals surface area contributed by atoms with E-state index in [0.717, 1.165) is 6.07 Å². The van der Waals surface area contributed by atoms with Gasteiger partial charge in [-0.15, -0.1) is 10.1 Å². The van der Waals surface area contributed by atoms with Crippen molar-refractivity contribution >= 4 is 31.6 Å². The maximum Gasteiger partial charge on any atom is 0.295 e. The molecule has 0 atom stereocenters. The average Bonchev–Trinajstić information content (AvgIpc) is 2.57. The standard InChI is InChI=1S/C14H19N5O8S2/c1-9-6-10-12(7-11(9)28(15,23)24)29(25,26)17-14(16-10)2-4-18(5-3-14)13(20)8-27-19(21)22/h6-7,16-17H,2-5,8H2,1H3,(H2,15,23,24). The van der Waals surface area contributed by atoms with Crippen molar-refractivity contribution in [1.82, 2.24) is 9.62 Å². The van der Waals surface area contributed by atoms with E-state index in [1.54, 1.807) is 0 Å². The van der Waals surface area contributed by atoms with E-state index in [1.807, 2.05) is 0 Å². The van der Waals surface area contributed by atoms with Crippen LogP contribution < -0.4 is 15.2 Å². The number of anilines is 1. The molecule has 0 radical (unpaired) electrons.